The normalized spacial score (nSPS) is 13.0. The summed E-state index contributed by atoms with van der Waals surface area (Å²) < 4.78 is 0. The number of nitriles is 2. The Morgan fingerprint density at radius 3 is 2.02 bits per heavy atom. The van der Waals surface area contributed by atoms with Gasteiger partial charge < -0.3 is 5.73 Å². The van der Waals surface area contributed by atoms with Gasteiger partial charge in [0, 0.05) is 22.7 Å². The number of allylic oxidation sites excluding steroid dienone is 3. The van der Waals surface area contributed by atoms with Gasteiger partial charge in [-0.15, -0.1) is 0 Å². The Balaban J connectivity index is 1.48. The molecule has 0 aliphatic heterocycles. The molecule has 0 atom stereocenters. The maximum atomic E-state index is 9.45. The highest BCUT2D eigenvalue weighted by Gasteiger charge is 2.36. The van der Waals surface area contributed by atoms with Crippen LogP contribution in [0.25, 0.3) is 67.6 Å². The van der Waals surface area contributed by atoms with Crippen LogP contribution in [0.15, 0.2) is 140 Å². The fourth-order valence-electron chi connectivity index (χ4n) is 7.52. The van der Waals surface area contributed by atoms with Gasteiger partial charge in [0.2, 0.25) is 0 Å². The van der Waals surface area contributed by atoms with Crippen molar-refractivity contribution in [1.29, 1.82) is 10.5 Å². The van der Waals surface area contributed by atoms with Crippen LogP contribution in [0.3, 0.4) is 0 Å². The van der Waals surface area contributed by atoms with Gasteiger partial charge in [-0.1, -0.05) is 118 Å². The molecule has 0 spiro atoms. The number of pyridine rings is 1. The van der Waals surface area contributed by atoms with Gasteiger partial charge in [-0.25, -0.2) is 0 Å². The van der Waals surface area contributed by atoms with Crippen LogP contribution < -0.4 is 5.73 Å². The molecule has 0 fully saturated rings. The van der Waals surface area contributed by atoms with Crippen LogP contribution in [-0.2, 0) is 11.8 Å². The summed E-state index contributed by atoms with van der Waals surface area (Å²) in [6.45, 7) is 13.3. The van der Waals surface area contributed by atoms with Crippen molar-refractivity contribution >= 4 is 22.9 Å². The summed E-state index contributed by atoms with van der Waals surface area (Å²) in [7, 11) is 0. The zero-order chi connectivity index (χ0) is 35.7. The number of hydrogen-bond donors (Lipinski definition) is 1. The maximum absolute atomic E-state index is 9.45. The molecule has 4 heteroatoms. The Kier molecular flexibility index (Phi) is 8.53. The van der Waals surface area contributed by atoms with Crippen LogP contribution in [0.4, 0.5) is 0 Å². The second-order valence-corrected chi connectivity index (χ2v) is 13.2. The highest BCUT2D eigenvalue weighted by molar-refractivity contribution is 6.13. The van der Waals surface area contributed by atoms with E-state index in [9.17, 15) is 10.5 Å². The second kappa shape index (κ2) is 13.3. The molecule has 0 unspecified atom stereocenters. The molecule has 0 saturated heterocycles. The monoisotopic (exact) mass is 656 g/mol. The standard InChI is InChI=1S/C47H36N4/c1-5-36-37(6-2)46(34-15-13-30(14-16-34)11-12-31(28-49)21-23-48)41-27-43-39(38-9-7-8-10-42(38)47(43,3)4)26-40(41)45(36)35-19-17-33(18-20-35)44-25-32(29-50)22-24-51-44/h5-10,12-27H,1-2,11,48H2,3-4H3/b23-21-,31-12+. The van der Waals surface area contributed by atoms with E-state index in [1.54, 1.807) is 18.3 Å². The molecule has 2 N–H and O–H groups in total. The summed E-state index contributed by atoms with van der Waals surface area (Å²) in [6.07, 6.45) is 11.1. The lowest BCUT2D eigenvalue weighted by Gasteiger charge is -2.25. The molecule has 0 amide bonds. The summed E-state index contributed by atoms with van der Waals surface area (Å²) in [6, 6.07) is 38.4. The van der Waals surface area contributed by atoms with Crippen LogP contribution in [0.2, 0.25) is 0 Å². The second-order valence-electron chi connectivity index (χ2n) is 13.2. The summed E-state index contributed by atoms with van der Waals surface area (Å²) in [5.41, 5.74) is 20.7. The largest absolute Gasteiger partial charge is 0.405 e. The van der Waals surface area contributed by atoms with E-state index < -0.39 is 0 Å². The van der Waals surface area contributed by atoms with E-state index in [-0.39, 0.29) is 5.41 Å². The molecular formula is C47H36N4. The van der Waals surface area contributed by atoms with Gasteiger partial charge in [-0.2, -0.15) is 10.5 Å². The van der Waals surface area contributed by atoms with Crippen molar-refractivity contribution in [3.05, 3.63) is 174 Å². The van der Waals surface area contributed by atoms with Crippen molar-refractivity contribution in [2.45, 2.75) is 25.7 Å². The first-order chi connectivity index (χ1) is 24.8. The molecule has 1 aromatic heterocycles. The van der Waals surface area contributed by atoms with Gasteiger partial charge in [0.1, 0.15) is 0 Å². The zero-order valence-corrected chi connectivity index (χ0v) is 28.7. The molecule has 1 aliphatic carbocycles. The van der Waals surface area contributed by atoms with E-state index in [2.05, 4.69) is 129 Å². The molecular weight excluding hydrogens is 621 g/mol. The molecule has 244 valence electrons. The Bertz CT molecular complexity index is 2520. The number of nitrogens with two attached hydrogens (primary N) is 1. The lowest BCUT2D eigenvalue weighted by Crippen LogP contribution is -2.15. The van der Waals surface area contributed by atoms with Gasteiger partial charge in [-0.3, -0.25) is 4.98 Å². The van der Waals surface area contributed by atoms with Gasteiger partial charge in [0.05, 0.1) is 23.4 Å². The molecule has 0 saturated carbocycles. The van der Waals surface area contributed by atoms with E-state index in [0.29, 0.717) is 17.6 Å². The van der Waals surface area contributed by atoms with Gasteiger partial charge in [-0.05, 0) is 115 Å². The summed E-state index contributed by atoms with van der Waals surface area (Å²) in [4.78, 5) is 4.52. The molecule has 0 radical (unpaired) electrons. The number of fused-ring (bicyclic) bond motifs is 4. The minimum atomic E-state index is -0.178. The predicted molar refractivity (Wildman–Crippen MR) is 211 cm³/mol. The number of rotatable bonds is 8. The summed E-state index contributed by atoms with van der Waals surface area (Å²) in [5, 5.41) is 21.2. The Morgan fingerprint density at radius 2 is 1.39 bits per heavy atom. The molecule has 5 aromatic carbocycles. The fourth-order valence-corrected chi connectivity index (χ4v) is 7.52. The quantitative estimate of drug-likeness (QED) is 0.130. The van der Waals surface area contributed by atoms with Crippen molar-refractivity contribution in [3.63, 3.8) is 0 Å². The third-order valence-corrected chi connectivity index (χ3v) is 10.1. The van der Waals surface area contributed by atoms with E-state index in [4.69, 9.17) is 5.73 Å². The van der Waals surface area contributed by atoms with Crippen molar-refractivity contribution in [1.82, 2.24) is 4.98 Å². The smallest absolute Gasteiger partial charge is 0.0992 e. The predicted octanol–water partition coefficient (Wildman–Crippen LogP) is 11.2. The summed E-state index contributed by atoms with van der Waals surface area (Å²) in [5.74, 6) is 0. The van der Waals surface area contributed by atoms with Crippen molar-refractivity contribution in [3.8, 4) is 56.8 Å². The topological polar surface area (TPSA) is 86.5 Å². The van der Waals surface area contributed by atoms with E-state index in [0.717, 1.165) is 61.0 Å². The third kappa shape index (κ3) is 5.64. The van der Waals surface area contributed by atoms with Gasteiger partial charge in [0.15, 0.2) is 0 Å². The first kappa shape index (κ1) is 32.8. The van der Waals surface area contributed by atoms with Crippen molar-refractivity contribution < 1.29 is 0 Å². The maximum Gasteiger partial charge on any atom is 0.0992 e. The summed E-state index contributed by atoms with van der Waals surface area (Å²) >= 11 is 0. The molecule has 1 heterocycles. The lowest BCUT2D eigenvalue weighted by molar-refractivity contribution is 0.661. The van der Waals surface area contributed by atoms with Crippen LogP contribution in [-0.4, -0.2) is 4.98 Å². The van der Waals surface area contributed by atoms with Crippen LogP contribution in [0.5, 0.6) is 0 Å². The molecule has 51 heavy (non-hydrogen) atoms. The molecule has 6 aromatic rings. The number of nitrogens with zero attached hydrogens (tertiary/aromatic N) is 3. The van der Waals surface area contributed by atoms with Crippen LogP contribution in [0, 0.1) is 22.7 Å². The molecule has 1 aliphatic rings. The van der Waals surface area contributed by atoms with E-state index in [1.807, 2.05) is 24.3 Å². The van der Waals surface area contributed by atoms with Crippen LogP contribution in [0.1, 0.15) is 47.2 Å². The minimum absolute atomic E-state index is 0.178. The van der Waals surface area contributed by atoms with E-state index in [1.165, 1.54) is 28.5 Å². The molecule has 7 rings (SSSR count). The number of hydrogen-bond acceptors (Lipinski definition) is 4. The van der Waals surface area contributed by atoms with Gasteiger partial charge in [0.25, 0.3) is 0 Å². The van der Waals surface area contributed by atoms with Gasteiger partial charge >= 0.3 is 0 Å². The minimum Gasteiger partial charge on any atom is -0.405 e. The first-order valence-electron chi connectivity index (χ1n) is 16.9. The highest BCUT2D eigenvalue weighted by Crippen LogP contribution is 2.53. The molecule has 0 bridgehead atoms. The lowest BCUT2D eigenvalue weighted by atomic mass is 9.78. The third-order valence-electron chi connectivity index (χ3n) is 10.1. The fraction of sp³-hybridized carbons (Fsp3) is 0.0851. The zero-order valence-electron chi connectivity index (χ0n) is 28.7. The Labute approximate surface area is 299 Å². The first-order valence-corrected chi connectivity index (χ1v) is 16.9. The SMILES string of the molecule is C=Cc1c(C=C)c(-c2ccc(C/C=C(C#N)\C=C/N)cc2)c2cc3c(cc2c1-c1ccc(-c2cc(C#N)ccn2)cc1)-c1ccccc1C3(C)C. The van der Waals surface area contributed by atoms with Crippen LogP contribution >= 0.6 is 0 Å². The number of aromatic nitrogens is 1. The molecule has 4 nitrogen and oxygen atoms in total. The van der Waals surface area contributed by atoms with Crippen molar-refractivity contribution in [2.24, 2.45) is 5.73 Å². The van der Waals surface area contributed by atoms with E-state index >= 15 is 0 Å². The van der Waals surface area contributed by atoms with Crippen molar-refractivity contribution in [2.75, 3.05) is 0 Å². The highest BCUT2D eigenvalue weighted by atomic mass is 14.7. The average molecular weight is 657 g/mol. The Hall–Kier alpha value is -6.75. The Morgan fingerprint density at radius 1 is 0.765 bits per heavy atom. The number of benzene rings is 5. The average Bonchev–Trinajstić information content (AvgIpc) is 3.40.